The number of carbonyl (C=O) groups excluding carboxylic acids is 2. The topological polar surface area (TPSA) is 103 Å². The maximum atomic E-state index is 12.9. The molecule has 3 rings (SSSR count). The summed E-state index contributed by atoms with van der Waals surface area (Å²) in [6.45, 7) is 8.29. The summed E-state index contributed by atoms with van der Waals surface area (Å²) in [5.74, 6) is -0.120. The Balaban J connectivity index is 1.73. The number of H-pyrrole nitrogens is 1. The molecule has 0 aliphatic carbocycles. The van der Waals surface area contributed by atoms with Gasteiger partial charge in [-0.15, -0.1) is 5.10 Å². The summed E-state index contributed by atoms with van der Waals surface area (Å²) < 4.78 is 7.32. The molecule has 0 saturated carbocycles. The van der Waals surface area contributed by atoms with E-state index in [0.29, 0.717) is 28.5 Å². The quantitative estimate of drug-likeness (QED) is 0.583. The lowest BCUT2D eigenvalue weighted by Crippen LogP contribution is -2.19. The highest BCUT2D eigenvalue weighted by molar-refractivity contribution is 8.00. The first-order valence-corrected chi connectivity index (χ1v) is 9.55. The zero-order valence-electron chi connectivity index (χ0n) is 15.4. The number of rotatable bonds is 7. The summed E-state index contributed by atoms with van der Waals surface area (Å²) in [5.41, 5.74) is 2.49. The molecule has 0 aromatic carbocycles. The van der Waals surface area contributed by atoms with Crippen LogP contribution in [0.5, 0.6) is 0 Å². The molecule has 2 aromatic heterocycles. The molecule has 140 valence electrons. The number of aryl methyl sites for hydroxylation is 1. The number of ether oxygens (including phenoxy) is 1. The summed E-state index contributed by atoms with van der Waals surface area (Å²) in [4.78, 5) is 27.7. The smallest absolute Gasteiger partial charge is 0.210 e. The fraction of sp³-hybridized carbons (Fsp3) is 0.588. The van der Waals surface area contributed by atoms with Crippen LogP contribution in [0.25, 0.3) is 0 Å². The zero-order valence-corrected chi connectivity index (χ0v) is 16.2. The fourth-order valence-corrected chi connectivity index (χ4v) is 4.17. The number of thioether (sulfide) groups is 1. The van der Waals surface area contributed by atoms with Crippen molar-refractivity contribution in [3.63, 3.8) is 0 Å². The molecule has 1 N–H and O–H groups in total. The van der Waals surface area contributed by atoms with Crippen LogP contribution < -0.4 is 0 Å². The largest absolute Gasteiger partial charge is 0.376 e. The van der Waals surface area contributed by atoms with Crippen LogP contribution in [-0.2, 0) is 11.3 Å². The first kappa shape index (κ1) is 18.8. The van der Waals surface area contributed by atoms with Crippen molar-refractivity contribution in [1.82, 2.24) is 25.2 Å². The average molecular weight is 377 g/mol. The Kier molecular flexibility index (Phi) is 5.57. The van der Waals surface area contributed by atoms with Gasteiger partial charge in [-0.05, 0) is 56.5 Å². The number of aromatic amines is 1. The van der Waals surface area contributed by atoms with Crippen LogP contribution in [0.4, 0.5) is 0 Å². The normalized spacial score (nSPS) is 18.2. The standard InChI is InChI=1S/C17H23N5O3S/c1-9-14(11(3)23)10(2)18-15(9)16(24)12(4)26-17-19-20-21-22(17)8-13-6-5-7-25-13/h12-13,18H,5-8H2,1-4H3. The first-order valence-electron chi connectivity index (χ1n) is 8.67. The van der Waals surface area contributed by atoms with Crippen molar-refractivity contribution in [3.8, 4) is 0 Å². The molecule has 1 saturated heterocycles. The van der Waals surface area contributed by atoms with E-state index in [1.54, 1.807) is 18.5 Å². The molecule has 0 amide bonds. The van der Waals surface area contributed by atoms with Crippen molar-refractivity contribution in [2.45, 2.75) is 63.6 Å². The van der Waals surface area contributed by atoms with Crippen molar-refractivity contribution >= 4 is 23.3 Å². The van der Waals surface area contributed by atoms with E-state index in [-0.39, 0.29) is 22.9 Å². The Bertz CT molecular complexity index is 822. The van der Waals surface area contributed by atoms with Gasteiger partial charge in [0, 0.05) is 17.9 Å². The van der Waals surface area contributed by atoms with Gasteiger partial charge in [-0.3, -0.25) is 9.59 Å². The SMILES string of the molecule is CC(=O)c1c(C)[nH]c(C(=O)C(C)Sc2nnnn2CC2CCCO2)c1C. The van der Waals surface area contributed by atoms with E-state index in [1.807, 2.05) is 6.92 Å². The van der Waals surface area contributed by atoms with E-state index < -0.39 is 0 Å². The predicted octanol–water partition coefficient (Wildman–Crippen LogP) is 2.36. The summed E-state index contributed by atoms with van der Waals surface area (Å²) >= 11 is 1.31. The van der Waals surface area contributed by atoms with Gasteiger partial charge in [-0.25, -0.2) is 4.68 Å². The maximum absolute atomic E-state index is 12.9. The van der Waals surface area contributed by atoms with Gasteiger partial charge in [0.1, 0.15) is 0 Å². The molecular formula is C17H23N5O3S. The summed E-state index contributed by atoms with van der Waals surface area (Å²) in [5, 5.41) is 12.0. The van der Waals surface area contributed by atoms with Crippen molar-refractivity contribution in [3.05, 3.63) is 22.5 Å². The lowest BCUT2D eigenvalue weighted by Gasteiger charge is -2.12. The predicted molar refractivity (Wildman–Crippen MR) is 96.7 cm³/mol. The third-order valence-electron chi connectivity index (χ3n) is 4.59. The van der Waals surface area contributed by atoms with Crippen molar-refractivity contribution in [2.24, 2.45) is 0 Å². The van der Waals surface area contributed by atoms with E-state index >= 15 is 0 Å². The second-order valence-electron chi connectivity index (χ2n) is 6.58. The van der Waals surface area contributed by atoms with Gasteiger partial charge in [0.15, 0.2) is 11.6 Å². The molecule has 26 heavy (non-hydrogen) atoms. The maximum Gasteiger partial charge on any atom is 0.210 e. The van der Waals surface area contributed by atoms with E-state index in [0.717, 1.165) is 25.1 Å². The summed E-state index contributed by atoms with van der Waals surface area (Å²) in [6.07, 6.45) is 2.16. The summed E-state index contributed by atoms with van der Waals surface area (Å²) in [7, 11) is 0. The third-order valence-corrected chi connectivity index (χ3v) is 5.66. The fourth-order valence-electron chi connectivity index (χ4n) is 3.32. The molecular weight excluding hydrogens is 354 g/mol. The molecule has 0 spiro atoms. The number of nitrogens with one attached hydrogen (secondary N) is 1. The van der Waals surface area contributed by atoms with Crippen LogP contribution in [0, 0.1) is 13.8 Å². The lowest BCUT2D eigenvalue weighted by atomic mass is 10.0. The van der Waals surface area contributed by atoms with Crippen molar-refractivity contribution in [1.29, 1.82) is 0 Å². The Morgan fingerprint density at radius 1 is 1.42 bits per heavy atom. The highest BCUT2D eigenvalue weighted by atomic mass is 32.2. The van der Waals surface area contributed by atoms with Crippen LogP contribution in [0.2, 0.25) is 0 Å². The third kappa shape index (κ3) is 3.73. The van der Waals surface area contributed by atoms with Gasteiger partial charge in [-0.2, -0.15) is 0 Å². The van der Waals surface area contributed by atoms with Crippen LogP contribution in [0.3, 0.4) is 0 Å². The van der Waals surface area contributed by atoms with Gasteiger partial charge >= 0.3 is 0 Å². The number of carbonyl (C=O) groups is 2. The first-order chi connectivity index (χ1) is 12.4. The number of ketones is 2. The van der Waals surface area contributed by atoms with E-state index in [4.69, 9.17) is 4.74 Å². The molecule has 3 heterocycles. The second-order valence-corrected chi connectivity index (χ2v) is 7.89. The molecule has 1 fully saturated rings. The van der Waals surface area contributed by atoms with Gasteiger partial charge < -0.3 is 9.72 Å². The number of tetrazole rings is 1. The van der Waals surface area contributed by atoms with Gasteiger partial charge in [0.2, 0.25) is 5.16 Å². The van der Waals surface area contributed by atoms with Gasteiger partial charge in [0.05, 0.1) is 23.6 Å². The number of nitrogens with zero attached hydrogens (tertiary/aromatic N) is 4. The minimum atomic E-state index is -0.388. The molecule has 2 unspecified atom stereocenters. The molecule has 1 aliphatic rings. The molecule has 0 radical (unpaired) electrons. The number of Topliss-reactive ketones (excluding diaryl/α,β-unsaturated/α-hetero) is 2. The minimum Gasteiger partial charge on any atom is -0.376 e. The lowest BCUT2D eigenvalue weighted by molar-refractivity contribution is 0.0911. The Morgan fingerprint density at radius 2 is 2.19 bits per heavy atom. The monoisotopic (exact) mass is 377 g/mol. The molecule has 0 bridgehead atoms. The van der Waals surface area contributed by atoms with E-state index in [9.17, 15) is 9.59 Å². The van der Waals surface area contributed by atoms with Crippen LogP contribution in [0.15, 0.2) is 5.16 Å². The van der Waals surface area contributed by atoms with Crippen LogP contribution in [0.1, 0.15) is 58.8 Å². The zero-order chi connectivity index (χ0) is 18.8. The van der Waals surface area contributed by atoms with Gasteiger partial charge in [0.25, 0.3) is 0 Å². The van der Waals surface area contributed by atoms with E-state index in [1.165, 1.54) is 18.7 Å². The summed E-state index contributed by atoms with van der Waals surface area (Å²) in [6, 6.07) is 0. The Labute approximate surface area is 156 Å². The highest BCUT2D eigenvalue weighted by Gasteiger charge is 2.26. The number of hydrogen-bond acceptors (Lipinski definition) is 7. The van der Waals surface area contributed by atoms with Gasteiger partial charge in [-0.1, -0.05) is 11.8 Å². The van der Waals surface area contributed by atoms with Crippen molar-refractivity contribution < 1.29 is 14.3 Å². The number of hydrogen-bond donors (Lipinski definition) is 1. The average Bonchev–Trinajstić information content (AvgIpc) is 3.29. The molecule has 2 aromatic rings. The highest BCUT2D eigenvalue weighted by Crippen LogP contribution is 2.27. The molecule has 9 heteroatoms. The van der Waals surface area contributed by atoms with Crippen molar-refractivity contribution in [2.75, 3.05) is 6.61 Å². The Hall–Kier alpha value is -2.00. The molecule has 2 atom stereocenters. The Morgan fingerprint density at radius 3 is 2.81 bits per heavy atom. The second kappa shape index (κ2) is 7.71. The molecule has 8 nitrogen and oxygen atoms in total. The van der Waals surface area contributed by atoms with Crippen LogP contribution >= 0.6 is 11.8 Å². The van der Waals surface area contributed by atoms with Crippen LogP contribution in [-0.4, -0.2) is 54.7 Å². The number of aromatic nitrogens is 5. The minimum absolute atomic E-state index is 0.0453. The molecule has 1 aliphatic heterocycles. The van der Waals surface area contributed by atoms with E-state index in [2.05, 4.69) is 20.5 Å².